The lowest BCUT2D eigenvalue weighted by molar-refractivity contribution is -0.0604. The molecule has 0 radical (unpaired) electrons. The Kier molecular flexibility index (Phi) is 4.44. The lowest BCUT2D eigenvalue weighted by Crippen LogP contribution is -2.41. The molecule has 80 valence electrons. The summed E-state index contributed by atoms with van der Waals surface area (Å²) in [6.07, 6.45) is 3.26. The van der Waals surface area contributed by atoms with E-state index in [1.54, 1.807) is 0 Å². The first-order valence-corrected chi connectivity index (χ1v) is 5.47. The minimum atomic E-state index is -0.538. The van der Waals surface area contributed by atoms with E-state index >= 15 is 0 Å². The van der Waals surface area contributed by atoms with Gasteiger partial charge < -0.3 is 5.11 Å². The van der Waals surface area contributed by atoms with Crippen LogP contribution in [0.3, 0.4) is 0 Å². The number of hydrogen-bond acceptors (Lipinski definition) is 1. The average Bonchev–Trinajstić information content (AvgIpc) is 1.98. The molecule has 0 heterocycles. The topological polar surface area (TPSA) is 20.2 Å². The Labute approximate surface area is 83.5 Å². The van der Waals surface area contributed by atoms with Crippen molar-refractivity contribution in [3.8, 4) is 0 Å². The first kappa shape index (κ1) is 13.0. The number of aliphatic hydroxyl groups is 1. The predicted molar refractivity (Wildman–Crippen MR) is 58.8 cm³/mol. The van der Waals surface area contributed by atoms with E-state index in [0.29, 0.717) is 5.92 Å². The van der Waals surface area contributed by atoms with E-state index in [1.807, 2.05) is 6.92 Å². The van der Waals surface area contributed by atoms with E-state index in [4.69, 9.17) is 0 Å². The van der Waals surface area contributed by atoms with Crippen LogP contribution < -0.4 is 0 Å². The lowest BCUT2D eigenvalue weighted by atomic mass is 9.72. The molecule has 0 spiro atoms. The van der Waals surface area contributed by atoms with Crippen LogP contribution in [0.4, 0.5) is 0 Å². The van der Waals surface area contributed by atoms with Crippen LogP contribution in [0.15, 0.2) is 0 Å². The molecule has 0 aliphatic carbocycles. The van der Waals surface area contributed by atoms with Gasteiger partial charge in [-0.25, -0.2) is 0 Å². The van der Waals surface area contributed by atoms with Crippen molar-refractivity contribution in [2.24, 2.45) is 11.3 Å². The SMILES string of the molecule is CCC(CC)CC(C)(O)C(C)(C)C. The monoisotopic (exact) mass is 186 g/mol. The maximum atomic E-state index is 10.3. The summed E-state index contributed by atoms with van der Waals surface area (Å²) in [5.74, 6) is 0.661. The summed E-state index contributed by atoms with van der Waals surface area (Å²) in [7, 11) is 0. The molecule has 0 bridgehead atoms. The van der Waals surface area contributed by atoms with Crippen LogP contribution in [0, 0.1) is 11.3 Å². The Bertz CT molecular complexity index is 138. The predicted octanol–water partition coefficient (Wildman–Crippen LogP) is 3.61. The van der Waals surface area contributed by atoms with Gasteiger partial charge in [0.1, 0.15) is 0 Å². The highest BCUT2D eigenvalue weighted by molar-refractivity contribution is 4.87. The zero-order chi connectivity index (χ0) is 10.7. The Morgan fingerprint density at radius 2 is 1.38 bits per heavy atom. The third-order valence-corrected chi connectivity index (χ3v) is 3.46. The smallest absolute Gasteiger partial charge is 0.0670 e. The van der Waals surface area contributed by atoms with Gasteiger partial charge in [0, 0.05) is 0 Å². The van der Waals surface area contributed by atoms with Crippen molar-refractivity contribution in [3.63, 3.8) is 0 Å². The highest BCUT2D eigenvalue weighted by atomic mass is 16.3. The maximum Gasteiger partial charge on any atom is 0.0670 e. The van der Waals surface area contributed by atoms with Crippen LogP contribution in [0.1, 0.15) is 60.8 Å². The Hall–Kier alpha value is -0.0400. The fourth-order valence-corrected chi connectivity index (χ4v) is 1.45. The average molecular weight is 186 g/mol. The van der Waals surface area contributed by atoms with Gasteiger partial charge in [0.05, 0.1) is 5.60 Å². The van der Waals surface area contributed by atoms with E-state index in [1.165, 1.54) is 12.8 Å². The first-order valence-electron chi connectivity index (χ1n) is 5.47. The van der Waals surface area contributed by atoms with Crippen LogP contribution >= 0.6 is 0 Å². The molecule has 0 saturated carbocycles. The van der Waals surface area contributed by atoms with Crippen LogP contribution in [0.2, 0.25) is 0 Å². The third kappa shape index (κ3) is 3.68. The van der Waals surface area contributed by atoms with Crippen molar-refractivity contribution in [1.29, 1.82) is 0 Å². The van der Waals surface area contributed by atoms with Gasteiger partial charge in [-0.05, 0) is 24.7 Å². The summed E-state index contributed by atoms with van der Waals surface area (Å²) < 4.78 is 0. The van der Waals surface area contributed by atoms with Crippen LogP contribution in [0.5, 0.6) is 0 Å². The number of rotatable bonds is 4. The van der Waals surface area contributed by atoms with Gasteiger partial charge in [0.2, 0.25) is 0 Å². The van der Waals surface area contributed by atoms with Crippen molar-refractivity contribution in [3.05, 3.63) is 0 Å². The van der Waals surface area contributed by atoms with Gasteiger partial charge in [0.15, 0.2) is 0 Å². The second-order valence-corrected chi connectivity index (χ2v) is 5.41. The van der Waals surface area contributed by atoms with Gasteiger partial charge in [-0.1, -0.05) is 47.5 Å². The summed E-state index contributed by atoms with van der Waals surface area (Å²) >= 11 is 0. The second kappa shape index (κ2) is 4.45. The molecular formula is C12H26O. The lowest BCUT2D eigenvalue weighted by Gasteiger charge is -2.39. The van der Waals surface area contributed by atoms with Gasteiger partial charge in [0.25, 0.3) is 0 Å². The highest BCUT2D eigenvalue weighted by Crippen LogP contribution is 2.36. The zero-order valence-electron chi connectivity index (χ0n) is 10.1. The fourth-order valence-electron chi connectivity index (χ4n) is 1.45. The zero-order valence-corrected chi connectivity index (χ0v) is 10.1. The Morgan fingerprint density at radius 1 is 1.00 bits per heavy atom. The van der Waals surface area contributed by atoms with Crippen molar-refractivity contribution in [1.82, 2.24) is 0 Å². The molecular weight excluding hydrogens is 160 g/mol. The maximum absolute atomic E-state index is 10.3. The molecule has 0 aromatic rings. The van der Waals surface area contributed by atoms with E-state index in [9.17, 15) is 5.11 Å². The van der Waals surface area contributed by atoms with E-state index in [-0.39, 0.29) is 5.41 Å². The van der Waals surface area contributed by atoms with E-state index in [0.717, 1.165) is 6.42 Å². The van der Waals surface area contributed by atoms with E-state index < -0.39 is 5.60 Å². The minimum Gasteiger partial charge on any atom is -0.390 e. The summed E-state index contributed by atoms with van der Waals surface area (Å²) in [5, 5.41) is 10.3. The van der Waals surface area contributed by atoms with Gasteiger partial charge in [-0.15, -0.1) is 0 Å². The highest BCUT2D eigenvalue weighted by Gasteiger charge is 2.36. The van der Waals surface area contributed by atoms with Gasteiger partial charge in [-0.3, -0.25) is 0 Å². The van der Waals surface area contributed by atoms with E-state index in [2.05, 4.69) is 34.6 Å². The van der Waals surface area contributed by atoms with Gasteiger partial charge in [-0.2, -0.15) is 0 Å². The molecule has 0 saturated heterocycles. The molecule has 0 aliphatic rings. The summed E-state index contributed by atoms with van der Waals surface area (Å²) in [5.41, 5.74) is -0.556. The standard InChI is InChI=1S/C12H26O/c1-7-10(8-2)9-12(6,13)11(3,4)5/h10,13H,7-9H2,1-6H3. The quantitative estimate of drug-likeness (QED) is 0.711. The van der Waals surface area contributed by atoms with Crippen molar-refractivity contribution < 1.29 is 5.11 Å². The van der Waals surface area contributed by atoms with Crippen LogP contribution in [-0.4, -0.2) is 10.7 Å². The van der Waals surface area contributed by atoms with Crippen molar-refractivity contribution in [2.45, 2.75) is 66.4 Å². The molecule has 0 aromatic heterocycles. The van der Waals surface area contributed by atoms with Crippen molar-refractivity contribution >= 4 is 0 Å². The summed E-state index contributed by atoms with van der Waals surface area (Å²) in [6, 6.07) is 0. The minimum absolute atomic E-state index is 0.0183. The third-order valence-electron chi connectivity index (χ3n) is 3.46. The fraction of sp³-hybridized carbons (Fsp3) is 1.00. The Balaban J connectivity index is 4.31. The molecule has 1 atom stereocenters. The molecule has 1 unspecified atom stereocenters. The molecule has 1 heteroatoms. The van der Waals surface area contributed by atoms with Crippen LogP contribution in [-0.2, 0) is 0 Å². The largest absolute Gasteiger partial charge is 0.390 e. The van der Waals surface area contributed by atoms with Gasteiger partial charge >= 0.3 is 0 Å². The second-order valence-electron chi connectivity index (χ2n) is 5.41. The molecule has 0 aliphatic heterocycles. The van der Waals surface area contributed by atoms with Crippen molar-refractivity contribution in [2.75, 3.05) is 0 Å². The molecule has 0 amide bonds. The normalized spacial score (nSPS) is 17.5. The Morgan fingerprint density at radius 3 is 1.62 bits per heavy atom. The summed E-state index contributed by atoms with van der Waals surface area (Å²) in [4.78, 5) is 0. The summed E-state index contributed by atoms with van der Waals surface area (Å²) in [6.45, 7) is 12.7. The first-order chi connectivity index (χ1) is 5.74. The molecule has 0 aromatic carbocycles. The van der Waals surface area contributed by atoms with Crippen LogP contribution in [0.25, 0.3) is 0 Å². The molecule has 0 rings (SSSR count). The molecule has 1 N–H and O–H groups in total. The molecule has 1 nitrogen and oxygen atoms in total. The molecule has 0 fully saturated rings. The number of hydrogen-bond donors (Lipinski definition) is 1. The molecule has 13 heavy (non-hydrogen) atoms.